The molecule has 0 aliphatic rings. The number of halogens is 1. The molecule has 0 aliphatic carbocycles. The van der Waals surface area contributed by atoms with Crippen molar-refractivity contribution in [3.05, 3.63) is 46.1 Å². The molecule has 0 radical (unpaired) electrons. The number of hydrogen-bond acceptors (Lipinski definition) is 8. The molecular weight excluding hydrogens is 323 g/mol. The van der Waals surface area contributed by atoms with E-state index >= 15 is 0 Å². The van der Waals surface area contributed by atoms with Gasteiger partial charge in [0.15, 0.2) is 0 Å². The number of nitrogens with zero attached hydrogens (tertiary/aromatic N) is 3. The Balaban J connectivity index is 0. The Morgan fingerprint density at radius 2 is 1.92 bits per heavy atom. The highest BCUT2D eigenvalue weighted by Gasteiger charge is 2.17. The molecule has 0 atom stereocenters. The summed E-state index contributed by atoms with van der Waals surface area (Å²) in [4.78, 5) is 31.5. The van der Waals surface area contributed by atoms with Gasteiger partial charge in [0, 0.05) is 8.47 Å². The monoisotopic (exact) mass is 344 g/mol. The van der Waals surface area contributed by atoms with E-state index in [0.717, 1.165) is 9.80 Å². The summed E-state index contributed by atoms with van der Waals surface area (Å²) in [7, 11) is 3.04. The van der Waals surface area contributed by atoms with Crippen molar-refractivity contribution in [1.82, 2.24) is 31.0 Å². The van der Waals surface area contributed by atoms with Gasteiger partial charge in [-0.2, -0.15) is 5.12 Å². The van der Waals surface area contributed by atoms with Crippen LogP contribution >= 0.6 is 0 Å². The Morgan fingerprint density at radius 3 is 2.38 bits per heavy atom. The molecule has 2 rings (SSSR count). The van der Waals surface area contributed by atoms with E-state index in [4.69, 9.17) is 10.6 Å². The van der Waals surface area contributed by atoms with Crippen molar-refractivity contribution in [2.24, 2.45) is 11.7 Å². The Morgan fingerprint density at radius 1 is 1.42 bits per heavy atom. The van der Waals surface area contributed by atoms with E-state index in [0.29, 0.717) is 5.69 Å². The lowest BCUT2D eigenvalue weighted by molar-refractivity contribution is -0.0980. The molecule has 0 bridgehead atoms. The van der Waals surface area contributed by atoms with Gasteiger partial charge in [0.25, 0.3) is 5.91 Å². The fourth-order valence-electron chi connectivity index (χ4n) is 1.43. The molecule has 1 aromatic carbocycles. The molecule has 2 aromatic rings. The summed E-state index contributed by atoms with van der Waals surface area (Å²) in [5.41, 5.74) is 3.79. The SMILES string of the molecule is C=O.CN(N)NC(=O)c1n[nH]n(-c2ccc(F)cc2)c1=O.CNN.[HH]. The number of hydrogen-bond donors (Lipinski definition) is 5. The van der Waals surface area contributed by atoms with Gasteiger partial charge in [-0.3, -0.25) is 32.1 Å². The number of nitrogens with one attached hydrogen (secondary N) is 3. The van der Waals surface area contributed by atoms with Gasteiger partial charge in [-0.1, -0.05) is 0 Å². The number of aromatic amines is 1. The normalized spacial score (nSPS) is 9.42. The minimum atomic E-state index is -0.743. The second kappa shape index (κ2) is 10.7. The number of amides is 1. The molecule has 11 nitrogen and oxygen atoms in total. The maximum Gasteiger partial charge on any atom is 0.304 e. The van der Waals surface area contributed by atoms with Crippen LogP contribution in [0.2, 0.25) is 0 Å². The number of H-pyrrole nitrogens is 1. The predicted octanol–water partition coefficient (Wildman–Crippen LogP) is -1.71. The summed E-state index contributed by atoms with van der Waals surface area (Å²) in [5.74, 6) is 8.65. The van der Waals surface area contributed by atoms with E-state index in [1.807, 2.05) is 6.79 Å². The summed E-state index contributed by atoms with van der Waals surface area (Å²) in [6.07, 6.45) is 0. The second-order valence-electron chi connectivity index (χ2n) is 4.02. The number of hydrazine groups is 3. The molecule has 1 heterocycles. The first-order chi connectivity index (χ1) is 11.4. The minimum Gasteiger partial charge on any atom is -0.307 e. The van der Waals surface area contributed by atoms with Crippen LogP contribution in [0, 0.1) is 5.82 Å². The number of carbonyl (C=O) groups excluding carboxylic acids is 2. The molecule has 12 heteroatoms. The van der Waals surface area contributed by atoms with Gasteiger partial charge in [0.05, 0.1) is 5.69 Å². The summed E-state index contributed by atoms with van der Waals surface area (Å²) < 4.78 is 13.8. The molecular formula is C12H21FN8O3. The number of nitrogens with two attached hydrogens (primary N) is 2. The molecule has 24 heavy (non-hydrogen) atoms. The average Bonchev–Trinajstić information content (AvgIpc) is 2.92. The third-order valence-electron chi connectivity index (χ3n) is 2.25. The van der Waals surface area contributed by atoms with Crippen LogP contribution in [-0.4, -0.2) is 46.9 Å². The molecule has 0 aliphatic heterocycles. The van der Waals surface area contributed by atoms with Gasteiger partial charge in [-0.25, -0.2) is 14.3 Å². The second-order valence-corrected chi connectivity index (χ2v) is 4.02. The van der Waals surface area contributed by atoms with E-state index in [1.54, 1.807) is 7.05 Å². The molecule has 1 amide bonds. The Labute approximate surface area is 137 Å². The van der Waals surface area contributed by atoms with E-state index in [1.165, 1.54) is 31.3 Å². The number of benzene rings is 1. The Bertz CT molecular complexity index is 688. The van der Waals surface area contributed by atoms with Crippen LogP contribution in [0.25, 0.3) is 5.69 Å². The van der Waals surface area contributed by atoms with Crippen molar-refractivity contribution in [3.63, 3.8) is 0 Å². The number of rotatable bonds is 3. The van der Waals surface area contributed by atoms with Crippen molar-refractivity contribution in [3.8, 4) is 5.69 Å². The maximum absolute atomic E-state index is 12.8. The van der Waals surface area contributed by atoms with Gasteiger partial charge in [0.2, 0.25) is 5.69 Å². The summed E-state index contributed by atoms with van der Waals surface area (Å²) in [6, 6.07) is 5.14. The molecule has 0 spiro atoms. The molecule has 0 unspecified atom stereocenters. The Kier molecular flexibility index (Phi) is 9.43. The van der Waals surface area contributed by atoms with Crippen LogP contribution in [0.5, 0.6) is 0 Å². The topological polar surface area (TPSA) is 164 Å². The van der Waals surface area contributed by atoms with Crippen molar-refractivity contribution in [1.29, 1.82) is 0 Å². The van der Waals surface area contributed by atoms with Crippen LogP contribution < -0.4 is 28.1 Å². The molecule has 134 valence electrons. The van der Waals surface area contributed by atoms with Gasteiger partial charge in [0.1, 0.15) is 12.6 Å². The molecule has 1 aromatic heterocycles. The van der Waals surface area contributed by atoms with Crippen LogP contribution in [0.15, 0.2) is 29.1 Å². The first-order valence-electron chi connectivity index (χ1n) is 6.29. The van der Waals surface area contributed by atoms with Crippen molar-refractivity contribution in [2.45, 2.75) is 0 Å². The summed E-state index contributed by atoms with van der Waals surface area (Å²) >= 11 is 0. The smallest absolute Gasteiger partial charge is 0.304 e. The van der Waals surface area contributed by atoms with Gasteiger partial charge >= 0.3 is 5.56 Å². The van der Waals surface area contributed by atoms with E-state index in [2.05, 4.69) is 27.0 Å². The molecule has 0 fully saturated rings. The largest absolute Gasteiger partial charge is 0.307 e. The van der Waals surface area contributed by atoms with Crippen molar-refractivity contribution in [2.75, 3.05) is 14.1 Å². The fraction of sp³-hybridized carbons (Fsp3) is 0.167. The third-order valence-corrected chi connectivity index (χ3v) is 2.25. The van der Waals surface area contributed by atoms with Crippen molar-refractivity contribution < 1.29 is 15.4 Å². The zero-order chi connectivity index (χ0) is 18.7. The van der Waals surface area contributed by atoms with E-state index in [-0.39, 0.29) is 7.12 Å². The molecule has 7 N–H and O–H groups in total. The lowest BCUT2D eigenvalue weighted by Crippen LogP contribution is -2.45. The van der Waals surface area contributed by atoms with Crippen LogP contribution in [0.3, 0.4) is 0 Å². The van der Waals surface area contributed by atoms with Gasteiger partial charge in [-0.05, 0) is 31.3 Å². The standard InChI is InChI=1S/C10H11FN6O2.CH6N2.CH2O.H2/c1-16(12)14-9(18)8-10(19)17(15-13-8)7-4-2-6(11)3-5-7;1-3-2;1-2;/h2-5,15H,12H2,1H3,(H,14,18);3H,2H2,1H3;1H2;1H. The van der Waals surface area contributed by atoms with Crippen LogP contribution in [0.1, 0.15) is 11.9 Å². The summed E-state index contributed by atoms with van der Waals surface area (Å²) in [5, 5.41) is 6.88. The van der Waals surface area contributed by atoms with Crippen LogP contribution in [0.4, 0.5) is 4.39 Å². The maximum atomic E-state index is 12.8. The number of carbonyl (C=O) groups is 2. The van der Waals surface area contributed by atoms with Gasteiger partial charge < -0.3 is 4.79 Å². The predicted molar refractivity (Wildman–Crippen MR) is 86.0 cm³/mol. The zero-order valence-electron chi connectivity index (χ0n) is 13.1. The quantitative estimate of drug-likeness (QED) is 0.324. The fourth-order valence-corrected chi connectivity index (χ4v) is 1.43. The van der Waals surface area contributed by atoms with Crippen LogP contribution in [-0.2, 0) is 4.79 Å². The minimum absolute atomic E-state index is 0. The van der Waals surface area contributed by atoms with Gasteiger partial charge in [-0.15, -0.1) is 5.10 Å². The molecule has 0 saturated carbocycles. The molecule has 0 saturated heterocycles. The lowest BCUT2D eigenvalue weighted by atomic mass is 10.3. The Hall–Kier alpha value is -2.93. The van der Waals surface area contributed by atoms with E-state index < -0.39 is 17.3 Å². The van der Waals surface area contributed by atoms with E-state index in [9.17, 15) is 14.0 Å². The third kappa shape index (κ3) is 6.05. The number of aromatic nitrogens is 3. The zero-order valence-corrected chi connectivity index (χ0v) is 13.1. The first-order valence-corrected chi connectivity index (χ1v) is 6.29. The highest BCUT2D eigenvalue weighted by Crippen LogP contribution is 2.05. The van der Waals surface area contributed by atoms with Crippen molar-refractivity contribution >= 4 is 12.7 Å². The lowest BCUT2D eigenvalue weighted by Gasteiger charge is -2.08. The highest BCUT2D eigenvalue weighted by atomic mass is 19.1. The first kappa shape index (κ1) is 21.1. The average molecular weight is 344 g/mol. The highest BCUT2D eigenvalue weighted by molar-refractivity contribution is 5.91. The summed E-state index contributed by atoms with van der Waals surface area (Å²) in [6.45, 7) is 2.00.